The molecule has 5 rings (SSSR count). The Hall–Kier alpha value is -4.15. The highest BCUT2D eigenvalue weighted by atomic mass is 19.1. The number of hydrogen-bond acceptors (Lipinski definition) is 6. The van der Waals surface area contributed by atoms with Gasteiger partial charge in [0.25, 0.3) is 5.91 Å². The highest BCUT2D eigenvalue weighted by Crippen LogP contribution is 2.33. The summed E-state index contributed by atoms with van der Waals surface area (Å²) in [7, 11) is 2.06. The summed E-state index contributed by atoms with van der Waals surface area (Å²) in [6, 6.07) is 17.8. The first-order valence-electron chi connectivity index (χ1n) is 15.9. The molecule has 0 atom stereocenters. The van der Waals surface area contributed by atoms with Crippen molar-refractivity contribution >= 4 is 17.6 Å². The van der Waals surface area contributed by atoms with E-state index in [1.165, 1.54) is 12.1 Å². The average molecular weight is 618 g/mol. The molecule has 0 aromatic heterocycles. The van der Waals surface area contributed by atoms with Gasteiger partial charge in [-0.15, -0.1) is 0 Å². The third kappa shape index (κ3) is 8.95. The molecule has 0 bridgehead atoms. The lowest BCUT2D eigenvalue weighted by Gasteiger charge is -2.36. The zero-order chi connectivity index (χ0) is 31.8. The van der Waals surface area contributed by atoms with Crippen LogP contribution in [0.3, 0.4) is 0 Å². The Bertz CT molecular complexity index is 1410. The molecular weight excluding hydrogens is 573 g/mol. The minimum Gasteiger partial charge on any atom is -0.457 e. The van der Waals surface area contributed by atoms with Crippen LogP contribution in [0.15, 0.2) is 66.7 Å². The molecule has 2 aliphatic rings. The van der Waals surface area contributed by atoms with Crippen LogP contribution in [0.2, 0.25) is 0 Å². The predicted octanol–water partition coefficient (Wildman–Crippen LogP) is 6.38. The summed E-state index contributed by atoms with van der Waals surface area (Å²) in [5, 5.41) is 3.01. The molecule has 0 unspecified atom stereocenters. The Balaban J connectivity index is 1.27. The summed E-state index contributed by atoms with van der Waals surface area (Å²) in [6.07, 6.45) is 2.33. The van der Waals surface area contributed by atoms with Gasteiger partial charge in [0.05, 0.1) is 0 Å². The minimum atomic E-state index is -0.359. The number of nitrogens with zero attached hydrogens (tertiary/aromatic N) is 4. The van der Waals surface area contributed by atoms with Crippen molar-refractivity contribution in [1.29, 1.82) is 0 Å². The molecule has 9 nitrogen and oxygen atoms in total. The zero-order valence-corrected chi connectivity index (χ0v) is 26.5. The number of halogens is 1. The van der Waals surface area contributed by atoms with Crippen LogP contribution in [0.5, 0.6) is 23.0 Å². The summed E-state index contributed by atoms with van der Waals surface area (Å²) in [4.78, 5) is 34.6. The first-order valence-corrected chi connectivity index (χ1v) is 15.9. The number of amides is 3. The molecule has 2 fully saturated rings. The summed E-state index contributed by atoms with van der Waals surface area (Å²) < 4.78 is 25.7. The van der Waals surface area contributed by atoms with Crippen LogP contribution >= 0.6 is 0 Å². The Morgan fingerprint density at radius 2 is 1.27 bits per heavy atom. The molecular formula is C35H44FN5O4. The maximum Gasteiger partial charge on any atom is 0.321 e. The number of hydrogen-bond donors (Lipinski definition) is 1. The van der Waals surface area contributed by atoms with Gasteiger partial charge in [0, 0.05) is 88.4 Å². The summed E-state index contributed by atoms with van der Waals surface area (Å²) in [5.74, 6) is 2.18. The van der Waals surface area contributed by atoms with Crippen LogP contribution in [0.25, 0.3) is 0 Å². The second-order valence-electron chi connectivity index (χ2n) is 11.9. The Labute approximate surface area is 265 Å². The number of likely N-dealkylation sites (N-methyl/N-ethyl adjacent to an activating group) is 1. The summed E-state index contributed by atoms with van der Waals surface area (Å²) in [6.45, 7) is 11.7. The molecule has 3 amide bonds. The summed E-state index contributed by atoms with van der Waals surface area (Å²) >= 11 is 0. The molecule has 2 aliphatic heterocycles. The molecule has 0 spiro atoms. The van der Waals surface area contributed by atoms with Crippen molar-refractivity contribution in [3.05, 3.63) is 78.1 Å². The van der Waals surface area contributed by atoms with E-state index in [-0.39, 0.29) is 17.8 Å². The number of carbonyl (C=O) groups excluding carboxylic acids is 2. The molecule has 45 heavy (non-hydrogen) atoms. The van der Waals surface area contributed by atoms with Crippen LogP contribution in [-0.2, 0) is 0 Å². The second-order valence-corrected chi connectivity index (χ2v) is 11.9. The average Bonchev–Trinajstić information content (AvgIpc) is 3.05. The van der Waals surface area contributed by atoms with Gasteiger partial charge in [0.2, 0.25) is 0 Å². The molecule has 0 radical (unpaired) electrons. The van der Waals surface area contributed by atoms with Crippen molar-refractivity contribution in [2.75, 3.05) is 71.3 Å². The van der Waals surface area contributed by atoms with E-state index in [2.05, 4.69) is 36.0 Å². The van der Waals surface area contributed by atoms with Crippen LogP contribution in [0.4, 0.5) is 14.9 Å². The van der Waals surface area contributed by atoms with Crippen molar-refractivity contribution in [2.24, 2.45) is 5.92 Å². The maximum atomic E-state index is 13.5. The zero-order valence-electron chi connectivity index (χ0n) is 26.5. The Morgan fingerprint density at radius 1 is 0.733 bits per heavy atom. The van der Waals surface area contributed by atoms with Gasteiger partial charge in [-0.05, 0) is 61.5 Å². The standard InChI is InChI=1S/C35H44FN5O4/c1-4-26(5-2)25-39-16-20-41(21-17-39)35(43)37-29-22-32(24-33(23-29)45-31-12-8-28(36)9-13-31)44-30-10-6-27(7-11-30)34(42)40-18-14-38(3)15-19-40/h6-13,22-24,26H,4-5,14-21,25H2,1-3H3,(H,37,43). The molecule has 3 aromatic rings. The topological polar surface area (TPSA) is 77.6 Å². The minimum absolute atomic E-state index is 0.00530. The molecule has 2 saturated heterocycles. The predicted molar refractivity (Wildman–Crippen MR) is 174 cm³/mol. The number of rotatable bonds is 10. The molecule has 240 valence electrons. The fourth-order valence-electron chi connectivity index (χ4n) is 5.64. The van der Waals surface area contributed by atoms with Gasteiger partial charge in [0.1, 0.15) is 28.8 Å². The van der Waals surface area contributed by atoms with Crippen LogP contribution in [0, 0.1) is 11.7 Å². The lowest BCUT2D eigenvalue weighted by atomic mass is 10.0. The molecule has 0 saturated carbocycles. The van der Waals surface area contributed by atoms with E-state index in [0.717, 1.165) is 45.6 Å². The van der Waals surface area contributed by atoms with E-state index in [9.17, 15) is 14.0 Å². The van der Waals surface area contributed by atoms with Gasteiger partial charge in [-0.3, -0.25) is 9.69 Å². The smallest absolute Gasteiger partial charge is 0.321 e. The number of nitrogens with one attached hydrogen (secondary N) is 1. The van der Waals surface area contributed by atoms with Gasteiger partial charge in [-0.1, -0.05) is 26.7 Å². The number of carbonyl (C=O) groups is 2. The monoisotopic (exact) mass is 617 g/mol. The molecule has 0 aliphatic carbocycles. The number of benzene rings is 3. The van der Waals surface area contributed by atoms with Crippen LogP contribution in [0.1, 0.15) is 37.0 Å². The highest BCUT2D eigenvalue weighted by Gasteiger charge is 2.23. The quantitative estimate of drug-likeness (QED) is 0.285. The first-order chi connectivity index (χ1) is 21.8. The van der Waals surface area contributed by atoms with Gasteiger partial charge in [-0.2, -0.15) is 0 Å². The number of piperazine rings is 2. The maximum absolute atomic E-state index is 13.5. The second kappa shape index (κ2) is 15.2. The highest BCUT2D eigenvalue weighted by molar-refractivity contribution is 5.94. The van der Waals surface area contributed by atoms with Gasteiger partial charge >= 0.3 is 6.03 Å². The van der Waals surface area contributed by atoms with Crippen LogP contribution in [-0.4, -0.2) is 97.5 Å². The van der Waals surface area contributed by atoms with E-state index in [0.29, 0.717) is 66.3 Å². The third-order valence-electron chi connectivity index (χ3n) is 8.64. The van der Waals surface area contributed by atoms with Crippen molar-refractivity contribution < 1.29 is 23.5 Å². The van der Waals surface area contributed by atoms with Crippen molar-refractivity contribution in [3.63, 3.8) is 0 Å². The number of anilines is 1. The fraction of sp³-hybridized carbons (Fsp3) is 0.429. The fourth-order valence-corrected chi connectivity index (χ4v) is 5.64. The van der Waals surface area contributed by atoms with E-state index < -0.39 is 0 Å². The molecule has 1 N–H and O–H groups in total. The lowest BCUT2D eigenvalue weighted by molar-refractivity contribution is 0.0664. The molecule has 10 heteroatoms. The number of urea groups is 1. The van der Waals surface area contributed by atoms with Crippen molar-refractivity contribution in [1.82, 2.24) is 19.6 Å². The lowest BCUT2D eigenvalue weighted by Crippen LogP contribution is -2.50. The van der Waals surface area contributed by atoms with E-state index in [1.54, 1.807) is 54.6 Å². The van der Waals surface area contributed by atoms with Gasteiger partial charge < -0.3 is 29.5 Å². The SMILES string of the molecule is CCC(CC)CN1CCN(C(=O)Nc2cc(Oc3ccc(F)cc3)cc(Oc3ccc(C(=O)N4CCN(C)CC4)cc3)c2)CC1. The Kier molecular flexibility index (Phi) is 10.9. The van der Waals surface area contributed by atoms with Gasteiger partial charge in [0.15, 0.2) is 0 Å². The first kappa shape index (κ1) is 32.2. The van der Waals surface area contributed by atoms with Crippen molar-refractivity contribution in [3.8, 4) is 23.0 Å². The molecule has 3 aromatic carbocycles. The van der Waals surface area contributed by atoms with E-state index in [1.807, 2.05) is 9.80 Å². The normalized spacial score (nSPS) is 16.1. The number of ether oxygens (including phenoxy) is 2. The molecule has 2 heterocycles. The van der Waals surface area contributed by atoms with E-state index >= 15 is 0 Å². The summed E-state index contributed by atoms with van der Waals surface area (Å²) in [5.41, 5.74) is 1.11. The van der Waals surface area contributed by atoms with Crippen LogP contribution < -0.4 is 14.8 Å². The third-order valence-corrected chi connectivity index (χ3v) is 8.64. The van der Waals surface area contributed by atoms with Crippen molar-refractivity contribution in [2.45, 2.75) is 26.7 Å². The van der Waals surface area contributed by atoms with Gasteiger partial charge in [-0.25, -0.2) is 9.18 Å². The largest absolute Gasteiger partial charge is 0.457 e. The van der Waals surface area contributed by atoms with E-state index in [4.69, 9.17) is 9.47 Å². The Morgan fingerprint density at radius 3 is 1.82 bits per heavy atom.